The molecule has 3 rings (SSSR count). The van der Waals surface area contributed by atoms with Crippen LogP contribution in [-0.4, -0.2) is 37.8 Å². The highest BCUT2D eigenvalue weighted by atomic mass is 32.2. The summed E-state index contributed by atoms with van der Waals surface area (Å²) < 4.78 is 27.1. The Hall–Kier alpha value is -1.91. The fourth-order valence-corrected chi connectivity index (χ4v) is 5.46. The van der Waals surface area contributed by atoms with Gasteiger partial charge in [0.15, 0.2) is 0 Å². The molecule has 1 N–H and O–H groups in total. The lowest BCUT2D eigenvalue weighted by molar-refractivity contribution is -0.127. The molecule has 0 aromatic heterocycles. The Labute approximate surface area is 155 Å². The first-order valence-electron chi connectivity index (χ1n) is 9.32. The maximum Gasteiger partial charge on any atom is 0.244 e. The molecule has 1 amide bonds. The van der Waals surface area contributed by atoms with Gasteiger partial charge in [0.25, 0.3) is 0 Å². The zero-order valence-electron chi connectivity index (χ0n) is 14.9. The van der Waals surface area contributed by atoms with Gasteiger partial charge >= 0.3 is 0 Å². The molecule has 1 aromatic carbocycles. The minimum atomic E-state index is -3.70. The minimum absolute atomic E-state index is 0.0487. The van der Waals surface area contributed by atoms with Crippen LogP contribution in [0.3, 0.4) is 0 Å². The molecule has 0 bridgehead atoms. The summed E-state index contributed by atoms with van der Waals surface area (Å²) in [4.78, 5) is 12.5. The van der Waals surface area contributed by atoms with Crippen molar-refractivity contribution in [3.63, 3.8) is 0 Å². The summed E-state index contributed by atoms with van der Waals surface area (Å²) in [5.41, 5.74) is 0.157. The maximum atomic E-state index is 12.8. The number of nitrogens with one attached hydrogen (secondary N) is 1. The topological polar surface area (TPSA) is 90.3 Å². The third kappa shape index (κ3) is 4.08. The van der Waals surface area contributed by atoms with E-state index < -0.39 is 10.0 Å². The van der Waals surface area contributed by atoms with Crippen LogP contribution in [0.4, 0.5) is 0 Å². The second-order valence-corrected chi connectivity index (χ2v) is 9.04. The predicted octanol–water partition coefficient (Wildman–Crippen LogP) is 2.41. The lowest BCUT2D eigenvalue weighted by atomic mass is 9.93. The Kier molecular flexibility index (Phi) is 5.94. The quantitative estimate of drug-likeness (QED) is 0.875. The molecular weight excluding hydrogens is 350 g/mol. The highest BCUT2D eigenvalue weighted by Gasteiger charge is 2.33. The Morgan fingerprint density at radius 1 is 1.08 bits per heavy atom. The molecule has 2 fully saturated rings. The van der Waals surface area contributed by atoms with Crippen LogP contribution >= 0.6 is 0 Å². The summed E-state index contributed by atoms with van der Waals surface area (Å²) in [6.45, 7) is 0.621. The van der Waals surface area contributed by atoms with E-state index in [0.717, 1.165) is 12.8 Å². The number of nitriles is 1. The largest absolute Gasteiger partial charge is 0.353 e. The minimum Gasteiger partial charge on any atom is -0.353 e. The number of rotatable bonds is 4. The zero-order valence-corrected chi connectivity index (χ0v) is 15.7. The molecule has 2 aliphatic rings. The number of amides is 1. The van der Waals surface area contributed by atoms with Gasteiger partial charge < -0.3 is 5.32 Å². The molecule has 1 saturated heterocycles. The maximum absolute atomic E-state index is 12.8. The summed E-state index contributed by atoms with van der Waals surface area (Å²) in [6.07, 6.45) is 6.71. The predicted molar refractivity (Wildman–Crippen MR) is 97.7 cm³/mol. The summed E-state index contributed by atoms with van der Waals surface area (Å²) in [6, 6.07) is 8.48. The molecule has 0 spiro atoms. The summed E-state index contributed by atoms with van der Waals surface area (Å²) in [5.74, 6) is -0.0686. The van der Waals surface area contributed by atoms with Gasteiger partial charge in [0.2, 0.25) is 15.9 Å². The Morgan fingerprint density at radius 3 is 2.38 bits per heavy atom. The molecule has 0 unspecified atom stereocenters. The number of piperidine rings is 1. The van der Waals surface area contributed by atoms with Gasteiger partial charge in [-0.3, -0.25) is 4.79 Å². The fourth-order valence-electron chi connectivity index (χ4n) is 3.85. The van der Waals surface area contributed by atoms with Crippen molar-refractivity contribution in [3.05, 3.63) is 29.8 Å². The third-order valence-corrected chi connectivity index (χ3v) is 7.36. The lowest BCUT2D eigenvalue weighted by Gasteiger charge is -2.32. The second-order valence-electron chi connectivity index (χ2n) is 7.13. The number of carbonyl (C=O) groups is 1. The molecule has 1 saturated carbocycles. The molecule has 1 aliphatic heterocycles. The Bertz CT molecular complexity index is 786. The number of benzene rings is 1. The lowest BCUT2D eigenvalue weighted by Crippen LogP contribution is -2.45. The fraction of sp³-hybridized carbons (Fsp3) is 0.579. The van der Waals surface area contributed by atoms with Crippen LogP contribution in [0.25, 0.3) is 0 Å². The van der Waals surface area contributed by atoms with Crippen LogP contribution in [0.15, 0.2) is 29.2 Å². The van der Waals surface area contributed by atoms with Crippen molar-refractivity contribution in [1.29, 1.82) is 5.26 Å². The smallest absolute Gasteiger partial charge is 0.244 e. The molecule has 0 atom stereocenters. The van der Waals surface area contributed by atoms with Crippen molar-refractivity contribution in [1.82, 2.24) is 9.62 Å². The Balaban J connectivity index is 1.61. The SMILES string of the molecule is N#Cc1ccccc1S(=O)(=O)N1CCC(C(=O)NC2CCCCC2)CC1. The van der Waals surface area contributed by atoms with E-state index in [4.69, 9.17) is 5.26 Å². The van der Waals surface area contributed by atoms with E-state index in [9.17, 15) is 13.2 Å². The summed E-state index contributed by atoms with van der Waals surface area (Å²) >= 11 is 0. The van der Waals surface area contributed by atoms with Gasteiger partial charge in [-0.15, -0.1) is 0 Å². The van der Waals surface area contributed by atoms with Crippen molar-refractivity contribution in [2.45, 2.75) is 55.9 Å². The normalized spacial score (nSPS) is 20.4. The molecule has 1 heterocycles. The second kappa shape index (κ2) is 8.19. The summed E-state index contributed by atoms with van der Waals surface area (Å²) in [7, 11) is -3.70. The van der Waals surface area contributed by atoms with Crippen LogP contribution < -0.4 is 5.32 Å². The number of carbonyl (C=O) groups excluding carboxylic acids is 1. The van der Waals surface area contributed by atoms with E-state index in [2.05, 4.69) is 5.32 Å². The average molecular weight is 375 g/mol. The van der Waals surface area contributed by atoms with E-state index in [1.165, 1.54) is 35.7 Å². The van der Waals surface area contributed by atoms with Crippen LogP contribution in [0.1, 0.15) is 50.5 Å². The average Bonchev–Trinajstić information content (AvgIpc) is 2.68. The van der Waals surface area contributed by atoms with Crippen molar-refractivity contribution < 1.29 is 13.2 Å². The Morgan fingerprint density at radius 2 is 1.73 bits per heavy atom. The monoisotopic (exact) mass is 375 g/mol. The van der Waals surface area contributed by atoms with E-state index in [1.54, 1.807) is 12.1 Å². The van der Waals surface area contributed by atoms with Crippen LogP contribution in [-0.2, 0) is 14.8 Å². The first-order chi connectivity index (χ1) is 12.5. The van der Waals surface area contributed by atoms with Gasteiger partial charge in [0, 0.05) is 25.0 Å². The molecule has 140 valence electrons. The van der Waals surface area contributed by atoms with Gasteiger partial charge in [0.05, 0.1) is 10.5 Å². The van der Waals surface area contributed by atoms with Gasteiger partial charge in [-0.2, -0.15) is 9.57 Å². The molecule has 1 aliphatic carbocycles. The number of hydrogen-bond donors (Lipinski definition) is 1. The van der Waals surface area contributed by atoms with Crippen LogP contribution in [0.5, 0.6) is 0 Å². The number of nitrogens with zero attached hydrogens (tertiary/aromatic N) is 2. The third-order valence-electron chi connectivity index (χ3n) is 5.40. The molecule has 26 heavy (non-hydrogen) atoms. The van der Waals surface area contributed by atoms with E-state index in [1.807, 2.05) is 6.07 Å². The molecular formula is C19H25N3O3S. The molecule has 1 aromatic rings. The van der Waals surface area contributed by atoms with Gasteiger partial charge in [0.1, 0.15) is 6.07 Å². The van der Waals surface area contributed by atoms with E-state index in [0.29, 0.717) is 25.9 Å². The standard InChI is InChI=1S/C19H25N3O3S/c20-14-16-6-4-5-9-18(16)26(24,25)22-12-10-15(11-13-22)19(23)21-17-7-2-1-3-8-17/h4-6,9,15,17H,1-3,7-8,10-13H2,(H,21,23). The van der Waals surface area contributed by atoms with Crippen LogP contribution in [0, 0.1) is 17.2 Å². The van der Waals surface area contributed by atoms with Crippen molar-refractivity contribution in [3.8, 4) is 6.07 Å². The number of sulfonamides is 1. The van der Waals surface area contributed by atoms with Gasteiger partial charge in [-0.25, -0.2) is 8.42 Å². The van der Waals surface area contributed by atoms with Crippen molar-refractivity contribution in [2.75, 3.05) is 13.1 Å². The highest BCUT2D eigenvalue weighted by Crippen LogP contribution is 2.26. The first kappa shape index (κ1) is 18.9. The van der Waals surface area contributed by atoms with Crippen LogP contribution in [0.2, 0.25) is 0 Å². The van der Waals surface area contributed by atoms with Gasteiger partial charge in [-0.05, 0) is 37.8 Å². The van der Waals surface area contributed by atoms with Crippen molar-refractivity contribution in [2.24, 2.45) is 5.92 Å². The summed E-state index contributed by atoms with van der Waals surface area (Å²) in [5, 5.41) is 12.3. The molecule has 6 nitrogen and oxygen atoms in total. The molecule has 7 heteroatoms. The first-order valence-corrected chi connectivity index (χ1v) is 10.8. The van der Waals surface area contributed by atoms with Gasteiger partial charge in [-0.1, -0.05) is 31.4 Å². The molecule has 0 radical (unpaired) electrons. The van der Waals surface area contributed by atoms with E-state index in [-0.39, 0.29) is 28.3 Å². The van der Waals surface area contributed by atoms with E-state index >= 15 is 0 Å². The zero-order chi connectivity index (χ0) is 18.6. The highest BCUT2D eigenvalue weighted by molar-refractivity contribution is 7.89. The number of hydrogen-bond acceptors (Lipinski definition) is 4. The van der Waals surface area contributed by atoms with Crippen molar-refractivity contribution >= 4 is 15.9 Å².